The van der Waals surface area contributed by atoms with Gasteiger partial charge in [-0.3, -0.25) is 4.79 Å². The number of carbonyl (C=O) groups is 2. The van der Waals surface area contributed by atoms with E-state index >= 15 is 0 Å². The second kappa shape index (κ2) is 2.72. The number of cyclic esters (lactones) is 1. The van der Waals surface area contributed by atoms with E-state index in [9.17, 15) is 14.7 Å². The molecule has 15 heavy (non-hydrogen) atoms. The van der Waals surface area contributed by atoms with Crippen LogP contribution >= 0.6 is 0 Å². The van der Waals surface area contributed by atoms with Crippen LogP contribution in [0.25, 0.3) is 0 Å². The maximum atomic E-state index is 11.2. The fourth-order valence-electron chi connectivity index (χ4n) is 3.20. The molecule has 3 aliphatic heterocycles. The third kappa shape index (κ3) is 1.07. The van der Waals surface area contributed by atoms with Crippen molar-refractivity contribution in [1.82, 2.24) is 0 Å². The van der Waals surface area contributed by atoms with Crippen molar-refractivity contribution >= 4 is 11.9 Å². The minimum atomic E-state index is -1.10. The number of carboxylic acid groups (broad SMARTS) is 1. The number of ether oxygens (including phenoxy) is 2. The summed E-state index contributed by atoms with van der Waals surface area (Å²) in [7, 11) is 0. The van der Waals surface area contributed by atoms with Gasteiger partial charge in [-0.2, -0.15) is 0 Å². The van der Waals surface area contributed by atoms with Crippen LogP contribution in [0.4, 0.5) is 0 Å². The number of hydrogen-bond donors (Lipinski definition) is 0. The average molecular weight is 211 g/mol. The first kappa shape index (κ1) is 9.15. The Balaban J connectivity index is 1.95. The van der Waals surface area contributed by atoms with Crippen LogP contribution in [0.2, 0.25) is 0 Å². The first-order chi connectivity index (χ1) is 7.12. The molecule has 2 bridgehead atoms. The quantitative estimate of drug-likeness (QED) is 0.512. The van der Waals surface area contributed by atoms with Gasteiger partial charge < -0.3 is 19.4 Å². The molecule has 1 spiro atoms. The minimum absolute atomic E-state index is 0.148. The van der Waals surface area contributed by atoms with Crippen LogP contribution < -0.4 is 5.11 Å². The van der Waals surface area contributed by atoms with Gasteiger partial charge in [-0.25, -0.2) is 0 Å². The summed E-state index contributed by atoms with van der Waals surface area (Å²) in [6.45, 7) is 0.205. The van der Waals surface area contributed by atoms with Gasteiger partial charge in [0.1, 0.15) is 12.2 Å². The molecule has 0 N–H and O–H groups in total. The molecule has 0 aliphatic carbocycles. The number of carbonyl (C=O) groups excluding carboxylic acids is 2. The molecule has 4 atom stereocenters. The standard InChI is InChI=1S/C10H12O5/c11-7-3-5-8(9(12)13)6-1-2-10(5,15-6)4-14-7/h5-6,8H,1-4H2,(H,12,13)/p-1/t5-,6+,8-,10+/m0/s1. The van der Waals surface area contributed by atoms with Crippen LogP contribution in [-0.2, 0) is 19.1 Å². The zero-order valence-electron chi connectivity index (χ0n) is 8.10. The van der Waals surface area contributed by atoms with Gasteiger partial charge in [0.15, 0.2) is 0 Å². The molecular formula is C10H11O5-. The summed E-state index contributed by atoms with van der Waals surface area (Å²) in [6.07, 6.45) is 1.39. The predicted molar refractivity (Wildman–Crippen MR) is 44.4 cm³/mol. The van der Waals surface area contributed by atoms with Crippen LogP contribution in [0.3, 0.4) is 0 Å². The van der Waals surface area contributed by atoms with Crippen LogP contribution in [0.1, 0.15) is 19.3 Å². The van der Waals surface area contributed by atoms with E-state index in [-0.39, 0.29) is 31.0 Å². The average Bonchev–Trinajstić information content (AvgIpc) is 2.70. The van der Waals surface area contributed by atoms with E-state index in [1.807, 2.05) is 0 Å². The van der Waals surface area contributed by atoms with Gasteiger partial charge in [0.05, 0.1) is 12.5 Å². The van der Waals surface area contributed by atoms with Gasteiger partial charge in [-0.15, -0.1) is 0 Å². The van der Waals surface area contributed by atoms with E-state index in [0.29, 0.717) is 0 Å². The molecule has 0 aromatic heterocycles. The summed E-state index contributed by atoms with van der Waals surface area (Å²) in [5.41, 5.74) is -0.524. The Labute approximate surface area is 86.4 Å². The fourth-order valence-corrected chi connectivity index (χ4v) is 3.20. The summed E-state index contributed by atoms with van der Waals surface area (Å²) in [4.78, 5) is 22.2. The molecule has 5 heteroatoms. The largest absolute Gasteiger partial charge is 0.550 e. The molecule has 3 fully saturated rings. The highest BCUT2D eigenvalue weighted by atomic mass is 16.6. The van der Waals surface area contributed by atoms with Gasteiger partial charge in [0.2, 0.25) is 0 Å². The van der Waals surface area contributed by atoms with E-state index in [0.717, 1.165) is 12.8 Å². The van der Waals surface area contributed by atoms with Crippen LogP contribution in [0.15, 0.2) is 0 Å². The summed E-state index contributed by atoms with van der Waals surface area (Å²) in [5, 5.41) is 11.0. The molecule has 0 aromatic carbocycles. The Kier molecular flexibility index (Phi) is 1.66. The number of aliphatic carboxylic acids is 1. The summed E-state index contributed by atoms with van der Waals surface area (Å²) < 4.78 is 10.7. The zero-order valence-corrected chi connectivity index (χ0v) is 8.10. The van der Waals surface area contributed by atoms with Crippen molar-refractivity contribution in [2.45, 2.75) is 31.0 Å². The third-order valence-electron chi connectivity index (χ3n) is 3.88. The lowest BCUT2D eigenvalue weighted by Gasteiger charge is -2.39. The van der Waals surface area contributed by atoms with Gasteiger partial charge in [-0.05, 0) is 12.8 Å². The second-order valence-corrected chi connectivity index (χ2v) is 4.58. The second-order valence-electron chi connectivity index (χ2n) is 4.58. The fraction of sp³-hybridized carbons (Fsp3) is 0.800. The van der Waals surface area contributed by atoms with Gasteiger partial charge >= 0.3 is 5.97 Å². The van der Waals surface area contributed by atoms with E-state index in [2.05, 4.69) is 0 Å². The van der Waals surface area contributed by atoms with Crippen molar-refractivity contribution < 1.29 is 24.2 Å². The van der Waals surface area contributed by atoms with E-state index < -0.39 is 17.5 Å². The van der Waals surface area contributed by atoms with Crippen molar-refractivity contribution in [2.24, 2.45) is 11.8 Å². The molecule has 0 saturated carbocycles. The lowest BCUT2D eigenvalue weighted by Crippen LogP contribution is -2.51. The predicted octanol–water partition coefficient (Wildman–Crippen LogP) is -1.15. The lowest BCUT2D eigenvalue weighted by atomic mass is 9.69. The van der Waals surface area contributed by atoms with E-state index in [4.69, 9.17) is 9.47 Å². The van der Waals surface area contributed by atoms with Gasteiger partial charge in [0.25, 0.3) is 0 Å². The minimum Gasteiger partial charge on any atom is -0.550 e. The van der Waals surface area contributed by atoms with Crippen molar-refractivity contribution in [1.29, 1.82) is 0 Å². The molecular weight excluding hydrogens is 200 g/mol. The maximum absolute atomic E-state index is 11.2. The molecule has 5 nitrogen and oxygen atoms in total. The van der Waals surface area contributed by atoms with Gasteiger partial charge in [-0.1, -0.05) is 0 Å². The molecule has 3 saturated heterocycles. The first-order valence-corrected chi connectivity index (χ1v) is 5.17. The van der Waals surface area contributed by atoms with E-state index in [1.54, 1.807) is 0 Å². The maximum Gasteiger partial charge on any atom is 0.306 e. The highest BCUT2D eigenvalue weighted by Crippen LogP contribution is 2.54. The topological polar surface area (TPSA) is 75.7 Å². The number of rotatable bonds is 1. The Morgan fingerprint density at radius 2 is 2.33 bits per heavy atom. The summed E-state index contributed by atoms with van der Waals surface area (Å²) >= 11 is 0. The molecule has 0 aromatic rings. The third-order valence-corrected chi connectivity index (χ3v) is 3.88. The molecule has 0 radical (unpaired) electrons. The molecule has 3 heterocycles. The highest BCUT2D eigenvalue weighted by molar-refractivity contribution is 5.75. The Bertz CT molecular complexity index is 339. The van der Waals surface area contributed by atoms with Crippen LogP contribution in [0, 0.1) is 11.8 Å². The number of hydrogen-bond acceptors (Lipinski definition) is 5. The lowest BCUT2D eigenvalue weighted by molar-refractivity contribution is -0.314. The Hall–Kier alpha value is -1.10. The van der Waals surface area contributed by atoms with Crippen molar-refractivity contribution in [3.05, 3.63) is 0 Å². The molecule has 0 unspecified atom stereocenters. The molecule has 82 valence electrons. The van der Waals surface area contributed by atoms with Crippen molar-refractivity contribution in [2.75, 3.05) is 6.61 Å². The summed E-state index contributed by atoms with van der Waals surface area (Å²) in [5.74, 6) is -2.30. The normalized spacial score (nSPS) is 47.5. The smallest absolute Gasteiger partial charge is 0.306 e. The van der Waals surface area contributed by atoms with Crippen LogP contribution in [0.5, 0.6) is 0 Å². The molecule has 3 aliphatic rings. The SMILES string of the molecule is O=C1C[C@H]2[C@H](C(=O)[O-])[C@H]3CC[C@]2(CO1)O3. The van der Waals surface area contributed by atoms with E-state index in [1.165, 1.54) is 0 Å². The molecule has 3 rings (SSSR count). The monoisotopic (exact) mass is 211 g/mol. The number of fused-ring (bicyclic) bond motifs is 1. The Morgan fingerprint density at radius 3 is 3.07 bits per heavy atom. The first-order valence-electron chi connectivity index (χ1n) is 5.17. The van der Waals surface area contributed by atoms with Crippen LogP contribution in [-0.4, -0.2) is 30.3 Å². The van der Waals surface area contributed by atoms with Crippen molar-refractivity contribution in [3.8, 4) is 0 Å². The number of esters is 1. The Morgan fingerprint density at radius 1 is 1.53 bits per heavy atom. The highest BCUT2D eigenvalue weighted by Gasteiger charge is 2.62. The van der Waals surface area contributed by atoms with Gasteiger partial charge in [0, 0.05) is 17.8 Å². The molecule has 0 amide bonds. The summed E-state index contributed by atoms with van der Waals surface area (Å²) in [6, 6.07) is 0. The number of carboxylic acids is 1. The van der Waals surface area contributed by atoms with Crippen molar-refractivity contribution in [3.63, 3.8) is 0 Å². The zero-order chi connectivity index (χ0) is 10.6.